The summed E-state index contributed by atoms with van der Waals surface area (Å²) >= 11 is 2.91. The van der Waals surface area contributed by atoms with Crippen molar-refractivity contribution in [2.24, 2.45) is 0 Å². The van der Waals surface area contributed by atoms with E-state index in [4.69, 9.17) is 0 Å². The number of carbonyl (C=O) groups excluding carboxylic acids is 2. The molecule has 7 heteroatoms. The zero-order valence-electron chi connectivity index (χ0n) is 20.1. The molecule has 1 aromatic heterocycles. The molecule has 1 unspecified atom stereocenters. The van der Waals surface area contributed by atoms with E-state index < -0.39 is 0 Å². The lowest BCUT2D eigenvalue weighted by molar-refractivity contribution is -0.115. The van der Waals surface area contributed by atoms with Gasteiger partial charge in [-0.2, -0.15) is 0 Å². The highest BCUT2D eigenvalue weighted by molar-refractivity contribution is 8.00. The molecule has 0 aliphatic heterocycles. The van der Waals surface area contributed by atoms with Crippen LogP contribution in [0.4, 0.5) is 10.8 Å². The van der Waals surface area contributed by atoms with Crippen molar-refractivity contribution in [1.82, 2.24) is 4.98 Å². The fourth-order valence-electron chi connectivity index (χ4n) is 3.53. The highest BCUT2D eigenvalue weighted by Crippen LogP contribution is 2.32. The van der Waals surface area contributed by atoms with Gasteiger partial charge in [-0.15, -0.1) is 23.1 Å². The van der Waals surface area contributed by atoms with Gasteiger partial charge in [0.15, 0.2) is 5.13 Å². The number of benzene rings is 3. The maximum Gasteiger partial charge on any atom is 0.255 e. The van der Waals surface area contributed by atoms with Gasteiger partial charge in [0.2, 0.25) is 5.91 Å². The average Bonchev–Trinajstić information content (AvgIpc) is 3.19. The summed E-state index contributed by atoms with van der Waals surface area (Å²) in [6, 6.07) is 23.2. The maximum absolute atomic E-state index is 12.9. The molecule has 0 fully saturated rings. The fourth-order valence-corrected chi connectivity index (χ4v) is 5.30. The third-order valence-electron chi connectivity index (χ3n) is 5.41. The van der Waals surface area contributed by atoms with Gasteiger partial charge in [0, 0.05) is 26.6 Å². The van der Waals surface area contributed by atoms with Crippen molar-refractivity contribution in [2.45, 2.75) is 37.8 Å². The van der Waals surface area contributed by atoms with Gasteiger partial charge >= 0.3 is 0 Å². The van der Waals surface area contributed by atoms with Crippen molar-refractivity contribution in [3.63, 3.8) is 0 Å². The van der Waals surface area contributed by atoms with Crippen LogP contribution in [-0.4, -0.2) is 22.0 Å². The summed E-state index contributed by atoms with van der Waals surface area (Å²) in [5.74, 6) is -0.279. The molecule has 0 saturated heterocycles. The van der Waals surface area contributed by atoms with Crippen molar-refractivity contribution >= 4 is 45.7 Å². The summed E-state index contributed by atoms with van der Waals surface area (Å²) in [6.45, 7) is 7.88. The molecule has 1 atom stereocenters. The third kappa shape index (κ3) is 6.38. The molecule has 2 amide bonds. The summed E-state index contributed by atoms with van der Waals surface area (Å²) < 4.78 is 0. The van der Waals surface area contributed by atoms with E-state index in [1.165, 1.54) is 28.7 Å². The second-order valence-corrected chi connectivity index (χ2v) is 11.0. The lowest BCUT2D eigenvalue weighted by atomic mass is 10.1. The van der Waals surface area contributed by atoms with E-state index in [-0.39, 0.29) is 17.1 Å². The van der Waals surface area contributed by atoms with E-state index >= 15 is 0 Å². The molecule has 0 spiro atoms. The molecule has 2 N–H and O–H groups in total. The first kappa shape index (κ1) is 24.7. The highest BCUT2D eigenvalue weighted by atomic mass is 32.2. The summed E-state index contributed by atoms with van der Waals surface area (Å²) in [7, 11) is 0. The van der Waals surface area contributed by atoms with E-state index in [1.54, 1.807) is 6.07 Å². The topological polar surface area (TPSA) is 71.1 Å². The van der Waals surface area contributed by atoms with Crippen LogP contribution >= 0.6 is 23.1 Å². The number of hydrogen-bond acceptors (Lipinski definition) is 5. The van der Waals surface area contributed by atoms with Gasteiger partial charge < -0.3 is 10.6 Å². The smallest absolute Gasteiger partial charge is 0.255 e. The number of aromatic nitrogens is 1. The molecule has 5 nitrogen and oxygen atoms in total. The Bertz CT molecular complexity index is 1360. The van der Waals surface area contributed by atoms with Crippen molar-refractivity contribution in [2.75, 3.05) is 10.6 Å². The molecule has 4 aromatic rings. The van der Waals surface area contributed by atoms with Crippen LogP contribution < -0.4 is 10.6 Å². The number of rotatable bonds is 7. The quantitative estimate of drug-likeness (QED) is 0.265. The van der Waals surface area contributed by atoms with Crippen LogP contribution in [0.5, 0.6) is 0 Å². The number of nitrogens with zero attached hydrogens (tertiary/aromatic N) is 1. The first-order valence-corrected chi connectivity index (χ1v) is 13.0. The van der Waals surface area contributed by atoms with E-state index in [0.717, 1.165) is 26.6 Å². The van der Waals surface area contributed by atoms with Crippen LogP contribution in [0.1, 0.15) is 33.3 Å². The minimum absolute atomic E-state index is 0.117. The minimum Gasteiger partial charge on any atom is -0.322 e. The number of thiazole rings is 1. The SMILES string of the molecule is Cc1ccc(-c2nc(NC(=O)C(C)Sc3cccc(NC(=O)c4cccc(C)c4)c3)sc2C)cc1. The van der Waals surface area contributed by atoms with Gasteiger partial charge in [-0.05, 0) is 58.0 Å². The Balaban J connectivity index is 1.39. The lowest BCUT2D eigenvalue weighted by Crippen LogP contribution is -2.22. The summed E-state index contributed by atoms with van der Waals surface area (Å²) in [4.78, 5) is 32.0. The molecule has 35 heavy (non-hydrogen) atoms. The maximum atomic E-state index is 12.9. The van der Waals surface area contributed by atoms with Gasteiger partial charge in [0.1, 0.15) is 0 Å². The first-order valence-electron chi connectivity index (χ1n) is 11.3. The van der Waals surface area contributed by atoms with Crippen LogP contribution in [0.25, 0.3) is 11.3 Å². The molecule has 0 radical (unpaired) electrons. The largest absolute Gasteiger partial charge is 0.322 e. The van der Waals surface area contributed by atoms with Crippen LogP contribution in [0.2, 0.25) is 0 Å². The first-order chi connectivity index (χ1) is 16.8. The number of carbonyl (C=O) groups is 2. The van der Waals surface area contributed by atoms with E-state index in [1.807, 2.05) is 75.4 Å². The lowest BCUT2D eigenvalue weighted by Gasteiger charge is -2.12. The number of aryl methyl sites for hydroxylation is 3. The molecule has 178 valence electrons. The molecule has 0 bridgehead atoms. The van der Waals surface area contributed by atoms with Crippen molar-refractivity contribution in [3.8, 4) is 11.3 Å². The van der Waals surface area contributed by atoms with Crippen molar-refractivity contribution in [1.29, 1.82) is 0 Å². The third-order valence-corrected chi connectivity index (χ3v) is 7.39. The zero-order chi connectivity index (χ0) is 24.9. The Morgan fingerprint density at radius 2 is 1.63 bits per heavy atom. The molecular formula is C28H27N3O2S2. The summed E-state index contributed by atoms with van der Waals surface area (Å²) in [6.07, 6.45) is 0. The highest BCUT2D eigenvalue weighted by Gasteiger charge is 2.18. The number of anilines is 2. The predicted octanol–water partition coefficient (Wildman–Crippen LogP) is 7.11. The van der Waals surface area contributed by atoms with Crippen LogP contribution in [0.3, 0.4) is 0 Å². The fraction of sp³-hybridized carbons (Fsp3) is 0.179. The second kappa shape index (κ2) is 10.9. The van der Waals surface area contributed by atoms with Gasteiger partial charge in [-0.25, -0.2) is 4.98 Å². The number of thioether (sulfide) groups is 1. The summed E-state index contributed by atoms with van der Waals surface area (Å²) in [5.41, 5.74) is 5.45. The van der Waals surface area contributed by atoms with E-state index in [0.29, 0.717) is 16.4 Å². The van der Waals surface area contributed by atoms with E-state index in [2.05, 4.69) is 34.7 Å². The molecule has 1 heterocycles. The Labute approximate surface area is 214 Å². The van der Waals surface area contributed by atoms with Gasteiger partial charge in [-0.1, -0.05) is 53.6 Å². The van der Waals surface area contributed by atoms with Crippen LogP contribution in [-0.2, 0) is 4.79 Å². The number of nitrogens with one attached hydrogen (secondary N) is 2. The normalized spacial score (nSPS) is 11.7. The Morgan fingerprint density at radius 1 is 0.886 bits per heavy atom. The van der Waals surface area contributed by atoms with Gasteiger partial charge in [-0.3, -0.25) is 9.59 Å². The number of amides is 2. The minimum atomic E-state index is -0.343. The van der Waals surface area contributed by atoms with Crippen LogP contribution in [0, 0.1) is 20.8 Å². The van der Waals surface area contributed by atoms with Crippen LogP contribution in [0.15, 0.2) is 77.7 Å². The molecule has 0 saturated carbocycles. The molecular weight excluding hydrogens is 474 g/mol. The Morgan fingerprint density at radius 3 is 2.37 bits per heavy atom. The molecule has 0 aliphatic carbocycles. The van der Waals surface area contributed by atoms with Crippen molar-refractivity contribution in [3.05, 3.63) is 94.4 Å². The summed E-state index contributed by atoms with van der Waals surface area (Å²) in [5, 5.41) is 6.14. The standard InChI is InChI=1S/C28H27N3O2S2/c1-17-11-13-21(14-12-17)25-19(3)35-28(30-25)31-26(32)20(4)34-24-10-6-9-23(16-24)29-27(33)22-8-5-7-18(2)15-22/h5-16,20H,1-4H3,(H,29,33)(H,30,31,32). The molecule has 3 aromatic carbocycles. The van der Waals surface area contributed by atoms with Crippen molar-refractivity contribution < 1.29 is 9.59 Å². The average molecular weight is 502 g/mol. The Hall–Kier alpha value is -3.42. The monoisotopic (exact) mass is 501 g/mol. The second-order valence-electron chi connectivity index (χ2n) is 8.39. The predicted molar refractivity (Wildman–Crippen MR) is 147 cm³/mol. The van der Waals surface area contributed by atoms with E-state index in [9.17, 15) is 9.59 Å². The van der Waals surface area contributed by atoms with Gasteiger partial charge in [0.05, 0.1) is 10.9 Å². The number of hydrogen-bond donors (Lipinski definition) is 2. The Kier molecular flexibility index (Phi) is 7.68. The zero-order valence-corrected chi connectivity index (χ0v) is 21.7. The van der Waals surface area contributed by atoms with Gasteiger partial charge in [0.25, 0.3) is 5.91 Å². The molecule has 0 aliphatic rings. The molecule has 4 rings (SSSR count).